The Morgan fingerprint density at radius 2 is 1.83 bits per heavy atom. The first kappa shape index (κ1) is 13.2. The summed E-state index contributed by atoms with van der Waals surface area (Å²) in [5.41, 5.74) is 2.52. The SMILES string of the molecule is CCc1ccc(C(O)c2cc(F)ccc2Br)cc1. The lowest BCUT2D eigenvalue weighted by molar-refractivity contribution is 0.219. The summed E-state index contributed by atoms with van der Waals surface area (Å²) in [6.45, 7) is 2.08. The predicted octanol–water partition coefficient (Wildman–Crippen LogP) is 4.23. The van der Waals surface area contributed by atoms with Crippen LogP contribution in [0.3, 0.4) is 0 Å². The van der Waals surface area contributed by atoms with Crippen LogP contribution < -0.4 is 0 Å². The highest BCUT2D eigenvalue weighted by atomic mass is 79.9. The Kier molecular flexibility index (Phi) is 4.15. The van der Waals surface area contributed by atoms with E-state index in [1.54, 1.807) is 6.07 Å². The smallest absolute Gasteiger partial charge is 0.123 e. The van der Waals surface area contributed by atoms with Crippen LogP contribution in [-0.4, -0.2) is 5.11 Å². The molecule has 0 aromatic heterocycles. The Hall–Kier alpha value is -1.19. The average molecular weight is 309 g/mol. The highest BCUT2D eigenvalue weighted by molar-refractivity contribution is 9.10. The summed E-state index contributed by atoms with van der Waals surface area (Å²) < 4.78 is 13.9. The van der Waals surface area contributed by atoms with Gasteiger partial charge in [0.2, 0.25) is 0 Å². The van der Waals surface area contributed by atoms with Crippen LogP contribution in [0.15, 0.2) is 46.9 Å². The van der Waals surface area contributed by atoms with Crippen molar-refractivity contribution in [2.45, 2.75) is 19.4 Å². The molecule has 0 aliphatic heterocycles. The summed E-state index contributed by atoms with van der Waals surface area (Å²) in [7, 11) is 0. The molecule has 0 aliphatic rings. The van der Waals surface area contributed by atoms with Crippen LogP contribution in [0.1, 0.15) is 29.7 Å². The van der Waals surface area contributed by atoms with E-state index in [0.717, 1.165) is 12.0 Å². The first-order valence-corrected chi connectivity index (χ1v) is 6.63. The molecule has 1 atom stereocenters. The lowest BCUT2D eigenvalue weighted by Gasteiger charge is -2.14. The second kappa shape index (κ2) is 5.63. The van der Waals surface area contributed by atoms with E-state index in [-0.39, 0.29) is 5.82 Å². The zero-order chi connectivity index (χ0) is 13.1. The van der Waals surface area contributed by atoms with Crippen LogP contribution >= 0.6 is 15.9 Å². The minimum atomic E-state index is -0.819. The van der Waals surface area contributed by atoms with E-state index < -0.39 is 6.10 Å². The second-order valence-corrected chi connectivity index (χ2v) is 5.02. The fourth-order valence-electron chi connectivity index (χ4n) is 1.84. The molecule has 2 aromatic rings. The molecule has 1 nitrogen and oxygen atoms in total. The van der Waals surface area contributed by atoms with Crippen molar-refractivity contribution < 1.29 is 9.50 Å². The van der Waals surface area contributed by atoms with E-state index in [4.69, 9.17) is 0 Å². The topological polar surface area (TPSA) is 20.2 Å². The first-order valence-electron chi connectivity index (χ1n) is 5.83. The van der Waals surface area contributed by atoms with E-state index in [2.05, 4.69) is 22.9 Å². The third kappa shape index (κ3) is 2.79. The number of rotatable bonds is 3. The predicted molar refractivity (Wildman–Crippen MR) is 74.0 cm³/mol. The molecule has 0 amide bonds. The van der Waals surface area contributed by atoms with Crippen LogP contribution in [-0.2, 0) is 6.42 Å². The Bertz CT molecular complexity index is 537. The molecule has 0 aliphatic carbocycles. The van der Waals surface area contributed by atoms with Crippen molar-refractivity contribution in [3.63, 3.8) is 0 Å². The van der Waals surface area contributed by atoms with E-state index in [1.807, 2.05) is 24.3 Å². The molecule has 0 spiro atoms. The third-order valence-corrected chi connectivity index (χ3v) is 3.68. The van der Waals surface area contributed by atoms with Gasteiger partial charge < -0.3 is 5.11 Å². The van der Waals surface area contributed by atoms with E-state index in [0.29, 0.717) is 10.0 Å². The Morgan fingerprint density at radius 3 is 2.44 bits per heavy atom. The summed E-state index contributed by atoms with van der Waals surface area (Å²) in [6.07, 6.45) is 0.140. The van der Waals surface area contributed by atoms with Gasteiger partial charge in [0.15, 0.2) is 0 Å². The molecule has 2 aromatic carbocycles. The van der Waals surface area contributed by atoms with Gasteiger partial charge in [-0.1, -0.05) is 47.1 Å². The molecule has 94 valence electrons. The van der Waals surface area contributed by atoms with Gasteiger partial charge in [0.25, 0.3) is 0 Å². The summed E-state index contributed by atoms with van der Waals surface area (Å²) >= 11 is 3.33. The van der Waals surface area contributed by atoms with Gasteiger partial charge in [-0.15, -0.1) is 0 Å². The maximum Gasteiger partial charge on any atom is 0.123 e. The zero-order valence-corrected chi connectivity index (χ0v) is 11.6. The lowest BCUT2D eigenvalue weighted by Crippen LogP contribution is -2.01. The minimum Gasteiger partial charge on any atom is -0.384 e. The van der Waals surface area contributed by atoms with E-state index >= 15 is 0 Å². The summed E-state index contributed by atoms with van der Waals surface area (Å²) in [6, 6.07) is 12.0. The maximum atomic E-state index is 13.2. The highest BCUT2D eigenvalue weighted by Crippen LogP contribution is 2.29. The summed E-state index contributed by atoms with van der Waals surface area (Å²) in [4.78, 5) is 0. The van der Waals surface area contributed by atoms with Gasteiger partial charge in [-0.25, -0.2) is 4.39 Å². The summed E-state index contributed by atoms with van der Waals surface area (Å²) in [5, 5.41) is 10.3. The molecule has 0 bridgehead atoms. The van der Waals surface area contributed by atoms with Gasteiger partial charge in [0.05, 0.1) is 0 Å². The van der Waals surface area contributed by atoms with Crippen LogP contribution in [0.5, 0.6) is 0 Å². The fourth-order valence-corrected chi connectivity index (χ4v) is 2.30. The molecule has 2 rings (SSSR count). The summed E-state index contributed by atoms with van der Waals surface area (Å²) in [5.74, 6) is -0.350. The number of aryl methyl sites for hydroxylation is 1. The highest BCUT2D eigenvalue weighted by Gasteiger charge is 2.14. The van der Waals surface area contributed by atoms with Crippen LogP contribution in [0.4, 0.5) is 4.39 Å². The quantitative estimate of drug-likeness (QED) is 0.899. The molecule has 1 N–H and O–H groups in total. The molecule has 0 saturated heterocycles. The molecule has 0 saturated carbocycles. The van der Waals surface area contributed by atoms with Crippen molar-refractivity contribution in [2.75, 3.05) is 0 Å². The van der Waals surface area contributed by atoms with Crippen molar-refractivity contribution in [3.8, 4) is 0 Å². The van der Waals surface area contributed by atoms with Crippen molar-refractivity contribution in [1.82, 2.24) is 0 Å². The molecule has 3 heteroatoms. The molecular weight excluding hydrogens is 295 g/mol. The fraction of sp³-hybridized carbons (Fsp3) is 0.200. The van der Waals surface area contributed by atoms with Gasteiger partial charge in [0.1, 0.15) is 11.9 Å². The normalized spacial score (nSPS) is 12.4. The van der Waals surface area contributed by atoms with Crippen LogP contribution in [0.25, 0.3) is 0 Å². The zero-order valence-electron chi connectivity index (χ0n) is 10.0. The van der Waals surface area contributed by atoms with Gasteiger partial charge in [-0.3, -0.25) is 0 Å². The molecule has 0 fully saturated rings. The van der Waals surface area contributed by atoms with Crippen molar-refractivity contribution in [1.29, 1.82) is 0 Å². The third-order valence-electron chi connectivity index (χ3n) is 2.96. The number of benzene rings is 2. The van der Waals surface area contributed by atoms with Crippen molar-refractivity contribution in [3.05, 3.63) is 69.4 Å². The molecule has 1 unspecified atom stereocenters. The standard InChI is InChI=1S/C15H14BrFO/c1-2-10-3-5-11(6-4-10)15(18)13-9-12(17)7-8-14(13)16/h3-9,15,18H,2H2,1H3. The second-order valence-electron chi connectivity index (χ2n) is 4.16. The number of aliphatic hydroxyl groups excluding tert-OH is 1. The van der Waals surface area contributed by atoms with Crippen LogP contribution in [0, 0.1) is 5.82 Å². The van der Waals surface area contributed by atoms with Gasteiger partial charge in [-0.2, -0.15) is 0 Å². The minimum absolute atomic E-state index is 0.350. The van der Waals surface area contributed by atoms with Gasteiger partial charge in [-0.05, 0) is 35.7 Å². The molecule has 18 heavy (non-hydrogen) atoms. The lowest BCUT2D eigenvalue weighted by atomic mass is 10.00. The molecule has 0 radical (unpaired) electrons. The average Bonchev–Trinajstić information content (AvgIpc) is 2.41. The Balaban J connectivity index is 2.34. The number of aliphatic hydroxyl groups is 1. The molecular formula is C15H14BrFO. The number of halogens is 2. The van der Waals surface area contributed by atoms with E-state index in [1.165, 1.54) is 17.7 Å². The largest absolute Gasteiger partial charge is 0.384 e. The van der Waals surface area contributed by atoms with Gasteiger partial charge in [0, 0.05) is 10.0 Å². The van der Waals surface area contributed by atoms with Crippen molar-refractivity contribution >= 4 is 15.9 Å². The monoisotopic (exact) mass is 308 g/mol. The first-order chi connectivity index (χ1) is 8.61. The van der Waals surface area contributed by atoms with Crippen molar-refractivity contribution in [2.24, 2.45) is 0 Å². The maximum absolute atomic E-state index is 13.2. The van der Waals surface area contributed by atoms with E-state index in [9.17, 15) is 9.50 Å². The van der Waals surface area contributed by atoms with Gasteiger partial charge >= 0.3 is 0 Å². The Labute approximate surface area is 114 Å². The Morgan fingerprint density at radius 1 is 1.17 bits per heavy atom. The molecule has 0 heterocycles. The number of hydrogen-bond acceptors (Lipinski definition) is 1. The van der Waals surface area contributed by atoms with Crippen LogP contribution in [0.2, 0.25) is 0 Å². The number of hydrogen-bond donors (Lipinski definition) is 1.